The molecule has 0 atom stereocenters. The van der Waals surface area contributed by atoms with Gasteiger partial charge < -0.3 is 14.2 Å². The average Bonchev–Trinajstić information content (AvgIpc) is 2.83. The van der Waals surface area contributed by atoms with Crippen molar-refractivity contribution in [3.63, 3.8) is 0 Å². The zero-order valence-corrected chi connectivity index (χ0v) is 18.9. The Bertz CT molecular complexity index is 1010. The highest BCUT2D eigenvalue weighted by Gasteiger charge is 2.15. The van der Waals surface area contributed by atoms with Crippen LogP contribution in [0.15, 0.2) is 52.3 Å². The Morgan fingerprint density at radius 2 is 0.853 bits per heavy atom. The summed E-state index contributed by atoms with van der Waals surface area (Å²) in [5.41, 5.74) is -2.43. The van der Waals surface area contributed by atoms with Gasteiger partial charge in [0.25, 0.3) is 0 Å². The smallest absolute Gasteiger partial charge is 0.336 e. The molecule has 0 N–H and O–H groups in total. The van der Waals surface area contributed by atoms with Gasteiger partial charge in [-0.05, 0) is 25.7 Å². The number of hydrogen-bond acceptors (Lipinski definition) is 9. The SMILES string of the molecule is C=CC(=O)OCCCCn1c(=O)n(CCCOC(=O)C=C)c(=O)n(CCCOC(=O)C=C)c1=O. The third-order valence-electron chi connectivity index (χ3n) is 4.45. The van der Waals surface area contributed by atoms with Crippen molar-refractivity contribution in [2.24, 2.45) is 0 Å². The lowest BCUT2D eigenvalue weighted by molar-refractivity contribution is -0.138. The summed E-state index contributed by atoms with van der Waals surface area (Å²) in [5.74, 6) is -1.86. The second-order valence-corrected chi connectivity index (χ2v) is 6.83. The highest BCUT2D eigenvalue weighted by atomic mass is 16.5. The minimum Gasteiger partial charge on any atom is -0.463 e. The van der Waals surface area contributed by atoms with Gasteiger partial charge in [-0.15, -0.1) is 0 Å². The molecule has 0 aliphatic rings. The standard InChI is InChI=1S/C22H29N3O9/c1-4-17(26)32-14-8-7-11-23-20(29)24(12-9-15-33-18(27)5-2)22(31)25(21(23)30)13-10-16-34-19(28)6-3/h4-6H,1-3,7-16H2. The molecule has 186 valence electrons. The van der Waals surface area contributed by atoms with Gasteiger partial charge in [0.05, 0.1) is 19.8 Å². The molecule has 0 spiro atoms. The molecular formula is C22H29N3O9. The summed E-state index contributed by atoms with van der Waals surface area (Å²) in [6.45, 7) is 9.61. The van der Waals surface area contributed by atoms with Crippen LogP contribution in [0, 0.1) is 0 Å². The topological polar surface area (TPSA) is 145 Å². The Hall–Kier alpha value is -3.96. The Morgan fingerprint density at radius 1 is 0.559 bits per heavy atom. The summed E-state index contributed by atoms with van der Waals surface area (Å²) in [5, 5.41) is 0. The van der Waals surface area contributed by atoms with Crippen LogP contribution >= 0.6 is 0 Å². The van der Waals surface area contributed by atoms with Gasteiger partial charge >= 0.3 is 35.0 Å². The van der Waals surface area contributed by atoms with E-state index in [1.54, 1.807) is 0 Å². The number of unbranched alkanes of at least 4 members (excludes halogenated alkanes) is 1. The predicted octanol–water partition coefficient (Wildman–Crippen LogP) is -0.0803. The lowest BCUT2D eigenvalue weighted by atomic mass is 10.3. The second kappa shape index (κ2) is 15.0. The largest absolute Gasteiger partial charge is 0.463 e. The van der Waals surface area contributed by atoms with Gasteiger partial charge in [0.2, 0.25) is 0 Å². The maximum absolute atomic E-state index is 12.8. The molecule has 0 amide bonds. The number of rotatable bonds is 16. The molecule has 1 aromatic rings. The van der Waals surface area contributed by atoms with E-state index >= 15 is 0 Å². The van der Waals surface area contributed by atoms with Crippen molar-refractivity contribution < 1.29 is 28.6 Å². The fraction of sp³-hybridized carbons (Fsp3) is 0.455. The van der Waals surface area contributed by atoms with Crippen LogP contribution < -0.4 is 17.1 Å². The Kier molecular flexibility index (Phi) is 12.4. The molecule has 0 aliphatic heterocycles. The van der Waals surface area contributed by atoms with Crippen molar-refractivity contribution in [2.75, 3.05) is 19.8 Å². The molecule has 0 bridgehead atoms. The first kappa shape index (κ1) is 28.1. The van der Waals surface area contributed by atoms with E-state index < -0.39 is 35.0 Å². The maximum Gasteiger partial charge on any atom is 0.336 e. The molecule has 0 saturated carbocycles. The fourth-order valence-electron chi connectivity index (χ4n) is 2.77. The quantitative estimate of drug-likeness (QED) is 0.138. The van der Waals surface area contributed by atoms with Gasteiger partial charge in [0.1, 0.15) is 0 Å². The summed E-state index contributed by atoms with van der Waals surface area (Å²) in [4.78, 5) is 71.9. The van der Waals surface area contributed by atoms with Crippen LogP contribution in [-0.4, -0.2) is 51.4 Å². The van der Waals surface area contributed by atoms with E-state index in [1.807, 2.05) is 0 Å². The monoisotopic (exact) mass is 479 g/mol. The number of carbonyl (C=O) groups excluding carboxylic acids is 3. The van der Waals surface area contributed by atoms with Gasteiger partial charge in [-0.25, -0.2) is 42.5 Å². The van der Waals surface area contributed by atoms with Crippen LogP contribution in [0.5, 0.6) is 0 Å². The normalized spacial score (nSPS) is 10.2. The first-order valence-electron chi connectivity index (χ1n) is 10.6. The Morgan fingerprint density at radius 3 is 1.18 bits per heavy atom. The summed E-state index contributed by atoms with van der Waals surface area (Å²) in [6, 6.07) is 0. The van der Waals surface area contributed by atoms with E-state index in [2.05, 4.69) is 19.7 Å². The molecule has 34 heavy (non-hydrogen) atoms. The van der Waals surface area contributed by atoms with E-state index in [1.165, 1.54) is 0 Å². The maximum atomic E-state index is 12.8. The van der Waals surface area contributed by atoms with E-state index in [4.69, 9.17) is 14.2 Å². The Labute approximate surface area is 195 Å². The van der Waals surface area contributed by atoms with Gasteiger partial charge in [0, 0.05) is 37.9 Å². The minimum atomic E-state index is -0.823. The van der Waals surface area contributed by atoms with Crippen molar-refractivity contribution >= 4 is 17.9 Å². The number of aromatic nitrogens is 3. The Balaban J connectivity index is 3.04. The number of carbonyl (C=O) groups is 3. The van der Waals surface area contributed by atoms with Crippen molar-refractivity contribution in [2.45, 2.75) is 45.3 Å². The molecule has 1 heterocycles. The highest BCUT2D eigenvalue weighted by Crippen LogP contribution is 1.95. The van der Waals surface area contributed by atoms with Crippen LogP contribution in [0.3, 0.4) is 0 Å². The molecule has 12 heteroatoms. The van der Waals surface area contributed by atoms with E-state index in [0.29, 0.717) is 12.8 Å². The molecule has 1 rings (SSSR count). The highest BCUT2D eigenvalue weighted by molar-refractivity contribution is 5.81. The zero-order chi connectivity index (χ0) is 25.5. The van der Waals surface area contributed by atoms with Crippen LogP contribution in [-0.2, 0) is 48.2 Å². The average molecular weight is 479 g/mol. The summed E-state index contributed by atoms with van der Waals surface area (Å²) in [7, 11) is 0. The molecule has 12 nitrogen and oxygen atoms in total. The minimum absolute atomic E-state index is 0.0134. The van der Waals surface area contributed by atoms with E-state index in [0.717, 1.165) is 31.9 Å². The van der Waals surface area contributed by atoms with Gasteiger partial charge in [-0.3, -0.25) is 0 Å². The third-order valence-corrected chi connectivity index (χ3v) is 4.45. The van der Waals surface area contributed by atoms with Gasteiger partial charge in [-0.1, -0.05) is 19.7 Å². The van der Waals surface area contributed by atoms with Crippen LogP contribution in [0.25, 0.3) is 0 Å². The molecule has 0 saturated heterocycles. The lowest BCUT2D eigenvalue weighted by Crippen LogP contribution is -2.54. The first-order chi connectivity index (χ1) is 16.3. The fourth-order valence-corrected chi connectivity index (χ4v) is 2.77. The van der Waals surface area contributed by atoms with E-state index in [-0.39, 0.29) is 52.3 Å². The molecule has 0 radical (unpaired) electrons. The van der Waals surface area contributed by atoms with Crippen LogP contribution in [0.1, 0.15) is 25.7 Å². The van der Waals surface area contributed by atoms with Crippen molar-refractivity contribution in [1.82, 2.24) is 13.7 Å². The first-order valence-corrected chi connectivity index (χ1v) is 10.6. The van der Waals surface area contributed by atoms with Crippen molar-refractivity contribution in [1.29, 1.82) is 0 Å². The van der Waals surface area contributed by atoms with Crippen molar-refractivity contribution in [3.8, 4) is 0 Å². The van der Waals surface area contributed by atoms with Crippen LogP contribution in [0.2, 0.25) is 0 Å². The third kappa shape index (κ3) is 8.88. The van der Waals surface area contributed by atoms with Crippen molar-refractivity contribution in [3.05, 3.63) is 69.4 Å². The summed E-state index contributed by atoms with van der Waals surface area (Å²) in [6.07, 6.45) is 4.02. The molecule has 0 unspecified atom stereocenters. The van der Waals surface area contributed by atoms with Gasteiger partial charge in [0.15, 0.2) is 0 Å². The molecule has 1 aromatic heterocycles. The predicted molar refractivity (Wildman–Crippen MR) is 121 cm³/mol. The molecular weight excluding hydrogens is 450 g/mol. The molecule has 0 aliphatic carbocycles. The lowest BCUT2D eigenvalue weighted by Gasteiger charge is -2.14. The molecule has 0 fully saturated rings. The number of hydrogen-bond donors (Lipinski definition) is 0. The number of esters is 3. The van der Waals surface area contributed by atoms with Gasteiger partial charge in [-0.2, -0.15) is 0 Å². The second-order valence-electron chi connectivity index (χ2n) is 6.83. The van der Waals surface area contributed by atoms with E-state index in [9.17, 15) is 28.8 Å². The van der Waals surface area contributed by atoms with Crippen LogP contribution in [0.4, 0.5) is 0 Å². The summed E-state index contributed by atoms with van der Waals surface area (Å²) < 4.78 is 17.3. The number of ether oxygens (including phenoxy) is 3. The number of nitrogens with zero attached hydrogens (tertiary/aromatic N) is 3. The summed E-state index contributed by atoms with van der Waals surface area (Å²) >= 11 is 0. The zero-order valence-electron chi connectivity index (χ0n) is 18.9. The molecule has 0 aromatic carbocycles.